The van der Waals surface area contributed by atoms with E-state index < -0.39 is 0 Å². The van der Waals surface area contributed by atoms with Crippen LogP contribution < -0.4 is 5.32 Å². The fourth-order valence-corrected chi connectivity index (χ4v) is 5.61. The summed E-state index contributed by atoms with van der Waals surface area (Å²) in [7, 11) is 0. The van der Waals surface area contributed by atoms with Crippen molar-refractivity contribution in [1.29, 1.82) is 0 Å². The number of amides is 1. The van der Waals surface area contributed by atoms with Gasteiger partial charge in [-0.05, 0) is 67.8 Å². The van der Waals surface area contributed by atoms with Gasteiger partial charge in [-0.1, -0.05) is 23.4 Å². The zero-order chi connectivity index (χ0) is 17.3. The van der Waals surface area contributed by atoms with Crippen LogP contribution >= 0.6 is 0 Å². The third-order valence-corrected chi connectivity index (χ3v) is 6.19. The Morgan fingerprint density at radius 2 is 1.84 bits per heavy atom. The van der Waals surface area contributed by atoms with Gasteiger partial charge >= 0.3 is 0 Å². The maximum atomic E-state index is 13.4. The molecule has 4 bridgehead atoms. The van der Waals surface area contributed by atoms with Crippen LogP contribution in [0.1, 0.15) is 44.1 Å². The van der Waals surface area contributed by atoms with Gasteiger partial charge in [0.05, 0.1) is 6.21 Å². The van der Waals surface area contributed by atoms with Gasteiger partial charge in [-0.15, -0.1) is 0 Å². The van der Waals surface area contributed by atoms with Crippen molar-refractivity contribution in [3.63, 3.8) is 0 Å². The molecule has 4 nitrogen and oxygen atoms in total. The highest BCUT2D eigenvalue weighted by Crippen LogP contribution is 2.59. The van der Waals surface area contributed by atoms with Crippen molar-refractivity contribution in [2.75, 3.05) is 13.2 Å². The minimum Gasteiger partial charge on any atom is -0.386 e. The Kier molecular flexibility index (Phi) is 4.48. The number of oxime groups is 1. The quantitative estimate of drug-likeness (QED) is 0.634. The summed E-state index contributed by atoms with van der Waals surface area (Å²) in [5, 5.41) is 6.73. The first-order valence-electron chi connectivity index (χ1n) is 9.28. The number of hydrogen-bond donors (Lipinski definition) is 1. The van der Waals surface area contributed by atoms with Gasteiger partial charge < -0.3 is 10.2 Å². The number of carbonyl (C=O) groups excluding carboxylic acids is 1. The number of nitrogens with one attached hydrogen (secondary N) is 1. The molecular weight excluding hydrogens is 319 g/mol. The van der Waals surface area contributed by atoms with E-state index in [-0.39, 0.29) is 18.3 Å². The van der Waals surface area contributed by atoms with Gasteiger partial charge in [-0.2, -0.15) is 0 Å². The molecule has 4 saturated carbocycles. The summed E-state index contributed by atoms with van der Waals surface area (Å²) >= 11 is 0. The smallest absolute Gasteiger partial charge is 0.260 e. The molecule has 1 aromatic carbocycles. The molecule has 25 heavy (non-hydrogen) atoms. The number of hydrogen-bond acceptors (Lipinski definition) is 3. The van der Waals surface area contributed by atoms with Crippen molar-refractivity contribution in [2.45, 2.75) is 38.5 Å². The minimum atomic E-state index is -0.360. The third-order valence-electron chi connectivity index (χ3n) is 6.19. The maximum Gasteiger partial charge on any atom is 0.260 e. The van der Waals surface area contributed by atoms with Crippen molar-refractivity contribution in [3.05, 3.63) is 35.6 Å². The SMILES string of the molecule is O=C(CO/N=C\c1ccccc1F)NCC12CC3CC(CC(C3)C1)C2. The highest BCUT2D eigenvalue weighted by molar-refractivity contribution is 5.80. The largest absolute Gasteiger partial charge is 0.386 e. The Bertz CT molecular complexity index is 638. The molecule has 5 rings (SSSR count). The number of rotatable bonds is 6. The lowest BCUT2D eigenvalue weighted by Crippen LogP contribution is -2.51. The van der Waals surface area contributed by atoms with E-state index in [1.54, 1.807) is 18.2 Å². The van der Waals surface area contributed by atoms with Crippen LogP contribution in [0.2, 0.25) is 0 Å². The second-order valence-corrected chi connectivity index (χ2v) is 8.22. The second kappa shape index (κ2) is 6.77. The molecule has 1 aromatic rings. The minimum absolute atomic E-state index is 0.128. The van der Waals surface area contributed by atoms with Gasteiger partial charge in [0.15, 0.2) is 6.61 Å². The zero-order valence-corrected chi connectivity index (χ0v) is 14.4. The average Bonchev–Trinajstić information content (AvgIpc) is 2.57. The first-order chi connectivity index (χ1) is 12.1. The Labute approximate surface area is 147 Å². The van der Waals surface area contributed by atoms with Crippen LogP contribution in [0.3, 0.4) is 0 Å². The monoisotopic (exact) mass is 344 g/mol. The molecule has 4 aliphatic carbocycles. The molecule has 0 radical (unpaired) electrons. The third kappa shape index (κ3) is 3.70. The fraction of sp³-hybridized carbons (Fsp3) is 0.600. The molecular formula is C20H25FN2O2. The zero-order valence-electron chi connectivity index (χ0n) is 14.4. The van der Waals surface area contributed by atoms with E-state index in [4.69, 9.17) is 4.84 Å². The summed E-state index contributed by atoms with van der Waals surface area (Å²) in [4.78, 5) is 17.0. The van der Waals surface area contributed by atoms with Crippen LogP contribution in [-0.2, 0) is 9.63 Å². The molecule has 0 spiro atoms. The van der Waals surface area contributed by atoms with E-state index in [0.29, 0.717) is 11.0 Å². The van der Waals surface area contributed by atoms with Crippen LogP contribution in [0.5, 0.6) is 0 Å². The van der Waals surface area contributed by atoms with Crippen molar-refractivity contribution in [3.8, 4) is 0 Å². The fourth-order valence-electron chi connectivity index (χ4n) is 5.61. The normalized spacial score (nSPS) is 32.9. The summed E-state index contributed by atoms with van der Waals surface area (Å²) in [6, 6.07) is 6.31. The molecule has 5 heteroatoms. The lowest BCUT2D eigenvalue weighted by atomic mass is 9.49. The van der Waals surface area contributed by atoms with Crippen LogP contribution in [0.4, 0.5) is 4.39 Å². The maximum absolute atomic E-state index is 13.4. The van der Waals surface area contributed by atoms with Crippen LogP contribution in [-0.4, -0.2) is 25.3 Å². The van der Waals surface area contributed by atoms with E-state index in [1.165, 1.54) is 50.8 Å². The highest BCUT2D eigenvalue weighted by atomic mass is 19.1. The molecule has 1 amide bonds. The van der Waals surface area contributed by atoms with E-state index in [1.807, 2.05) is 0 Å². The van der Waals surface area contributed by atoms with Gasteiger partial charge in [-0.25, -0.2) is 4.39 Å². The van der Waals surface area contributed by atoms with E-state index in [9.17, 15) is 9.18 Å². The first kappa shape index (κ1) is 16.6. The summed E-state index contributed by atoms with van der Waals surface area (Å²) < 4.78 is 13.4. The van der Waals surface area contributed by atoms with Gasteiger partial charge in [0, 0.05) is 12.1 Å². The molecule has 4 fully saturated rings. The standard InChI is InChI=1S/C20H25FN2O2/c21-18-4-2-1-3-17(18)11-23-25-12-19(24)22-13-20-8-14-5-15(9-20)7-16(6-14)10-20/h1-4,11,14-16H,5-10,12-13H2,(H,22,24)/b23-11-. The molecule has 0 aromatic heterocycles. The summed E-state index contributed by atoms with van der Waals surface area (Å²) in [5.41, 5.74) is 0.664. The number of benzene rings is 1. The Morgan fingerprint density at radius 3 is 2.48 bits per heavy atom. The van der Waals surface area contributed by atoms with Crippen molar-refractivity contribution in [2.24, 2.45) is 28.3 Å². The van der Waals surface area contributed by atoms with Crippen molar-refractivity contribution >= 4 is 12.1 Å². The molecule has 0 unspecified atom stereocenters. The Balaban J connectivity index is 1.23. The van der Waals surface area contributed by atoms with Gasteiger partial charge in [0.1, 0.15) is 5.82 Å². The Hall–Kier alpha value is -1.91. The number of halogens is 1. The van der Waals surface area contributed by atoms with Crippen LogP contribution in [0.15, 0.2) is 29.4 Å². The predicted octanol–water partition coefficient (Wildman–Crippen LogP) is 3.51. The second-order valence-electron chi connectivity index (χ2n) is 8.22. The highest BCUT2D eigenvalue weighted by Gasteiger charge is 2.50. The number of carbonyl (C=O) groups is 1. The van der Waals surface area contributed by atoms with Crippen molar-refractivity contribution < 1.29 is 14.0 Å². The molecule has 0 atom stereocenters. The lowest BCUT2D eigenvalue weighted by Gasteiger charge is -2.56. The summed E-state index contributed by atoms with van der Waals surface area (Å²) in [5.74, 6) is 2.13. The summed E-state index contributed by atoms with van der Waals surface area (Å²) in [6.45, 7) is 0.632. The van der Waals surface area contributed by atoms with Gasteiger partial charge in [0.2, 0.25) is 0 Å². The van der Waals surface area contributed by atoms with E-state index >= 15 is 0 Å². The van der Waals surface area contributed by atoms with E-state index in [0.717, 1.165) is 24.3 Å². The molecule has 0 saturated heterocycles. The molecule has 1 N–H and O–H groups in total. The molecule has 0 aliphatic heterocycles. The van der Waals surface area contributed by atoms with Crippen LogP contribution in [0.25, 0.3) is 0 Å². The van der Waals surface area contributed by atoms with Gasteiger partial charge in [-0.3, -0.25) is 4.79 Å². The first-order valence-corrected chi connectivity index (χ1v) is 9.28. The van der Waals surface area contributed by atoms with E-state index in [2.05, 4.69) is 10.5 Å². The topological polar surface area (TPSA) is 50.7 Å². The Morgan fingerprint density at radius 1 is 1.20 bits per heavy atom. The summed E-state index contributed by atoms with van der Waals surface area (Å²) in [6.07, 6.45) is 9.31. The van der Waals surface area contributed by atoms with Gasteiger partial charge in [0.25, 0.3) is 5.91 Å². The van der Waals surface area contributed by atoms with Crippen molar-refractivity contribution in [1.82, 2.24) is 5.32 Å². The molecule has 0 heterocycles. The van der Waals surface area contributed by atoms with Crippen LogP contribution in [0, 0.1) is 29.0 Å². The predicted molar refractivity (Wildman–Crippen MR) is 93.6 cm³/mol. The average molecular weight is 344 g/mol. The number of nitrogens with zero attached hydrogens (tertiary/aromatic N) is 1. The molecule has 134 valence electrons. The lowest BCUT2D eigenvalue weighted by molar-refractivity contribution is -0.127. The molecule has 4 aliphatic rings.